The molecule has 0 spiro atoms. The number of nitrogens with zero attached hydrogens (tertiary/aromatic N) is 2. The molecular weight excluding hydrogens is 364 g/mol. The number of amides is 1. The Balaban J connectivity index is 1.49. The second-order valence-corrected chi connectivity index (χ2v) is 7.24. The molecule has 1 aliphatic rings. The zero-order chi connectivity index (χ0) is 20.1. The van der Waals surface area contributed by atoms with E-state index in [0.717, 1.165) is 35.7 Å². The molecule has 2 aromatic carbocycles. The Morgan fingerprint density at radius 1 is 1.14 bits per heavy atom. The van der Waals surface area contributed by atoms with Gasteiger partial charge in [0.1, 0.15) is 11.4 Å². The first-order chi connectivity index (χ1) is 14.3. The maximum atomic E-state index is 12.8. The van der Waals surface area contributed by atoms with Crippen LogP contribution in [-0.4, -0.2) is 47.7 Å². The first-order valence-electron chi connectivity index (χ1n) is 10.0. The summed E-state index contributed by atoms with van der Waals surface area (Å²) in [5.41, 5.74) is 3.30. The summed E-state index contributed by atoms with van der Waals surface area (Å²) in [5.74, 6) is 0.699. The Bertz CT molecular complexity index is 948. The average molecular weight is 390 g/mol. The monoisotopic (exact) mass is 390 g/mol. The van der Waals surface area contributed by atoms with Crippen molar-refractivity contribution in [3.05, 3.63) is 71.9 Å². The fourth-order valence-electron chi connectivity index (χ4n) is 3.91. The zero-order valence-corrected chi connectivity index (χ0v) is 16.6. The van der Waals surface area contributed by atoms with Crippen LogP contribution < -0.4 is 10.1 Å². The summed E-state index contributed by atoms with van der Waals surface area (Å²) >= 11 is 0. The Kier molecular flexibility index (Phi) is 5.91. The second-order valence-electron chi connectivity index (χ2n) is 7.24. The van der Waals surface area contributed by atoms with Crippen LogP contribution in [-0.2, 0) is 0 Å². The van der Waals surface area contributed by atoms with E-state index in [1.54, 1.807) is 13.2 Å². The highest BCUT2D eigenvalue weighted by Crippen LogP contribution is 2.31. The molecule has 1 aromatic heterocycles. The Morgan fingerprint density at radius 3 is 2.62 bits per heavy atom. The van der Waals surface area contributed by atoms with E-state index in [1.165, 1.54) is 12.8 Å². The Labute approximate surface area is 170 Å². The minimum atomic E-state index is -0.154. The molecule has 0 aliphatic carbocycles. The van der Waals surface area contributed by atoms with Crippen molar-refractivity contribution in [1.29, 1.82) is 0 Å². The van der Waals surface area contributed by atoms with Crippen LogP contribution in [0, 0.1) is 0 Å². The first kappa shape index (κ1) is 19.2. The molecule has 4 rings (SSSR count). The number of hydrogen-bond acceptors (Lipinski definition) is 4. The molecule has 6 nitrogen and oxygen atoms in total. The maximum absolute atomic E-state index is 12.8. The van der Waals surface area contributed by atoms with E-state index < -0.39 is 0 Å². The van der Waals surface area contributed by atoms with Crippen LogP contribution in [0.2, 0.25) is 0 Å². The van der Waals surface area contributed by atoms with Crippen molar-refractivity contribution in [3.8, 4) is 17.0 Å². The molecule has 1 atom stereocenters. The van der Waals surface area contributed by atoms with Crippen molar-refractivity contribution < 1.29 is 9.53 Å². The number of hydrogen-bond donors (Lipinski definition) is 2. The highest BCUT2D eigenvalue weighted by Gasteiger charge is 2.26. The number of para-hydroxylation sites is 1. The van der Waals surface area contributed by atoms with Crippen molar-refractivity contribution in [1.82, 2.24) is 20.4 Å². The lowest BCUT2D eigenvalue weighted by Gasteiger charge is -2.29. The fourth-order valence-corrected chi connectivity index (χ4v) is 3.91. The largest absolute Gasteiger partial charge is 0.496 e. The number of methoxy groups -OCH3 is 1. The molecule has 1 amide bonds. The van der Waals surface area contributed by atoms with E-state index >= 15 is 0 Å². The number of H-pyrrole nitrogens is 1. The standard InChI is InChI=1S/C23H26N4O2/c1-29-22-12-6-5-11-18(22)21(27-13-7-8-14-27)16-24-23(28)20-15-19(25-26-20)17-9-3-2-4-10-17/h2-6,9-12,15,21H,7-8,13-14,16H2,1H3,(H,24,28)(H,25,26). The van der Waals surface area contributed by atoms with Gasteiger partial charge in [0.05, 0.1) is 18.8 Å². The van der Waals surface area contributed by atoms with Gasteiger partial charge in [-0.1, -0.05) is 48.5 Å². The van der Waals surface area contributed by atoms with Gasteiger partial charge >= 0.3 is 0 Å². The number of aromatic amines is 1. The second kappa shape index (κ2) is 8.92. The SMILES string of the molecule is COc1ccccc1C(CNC(=O)c1cc(-c2ccccc2)n[nH]1)N1CCCC1. The summed E-state index contributed by atoms with van der Waals surface area (Å²) in [6, 6.07) is 19.7. The predicted molar refractivity (Wildman–Crippen MR) is 113 cm³/mol. The topological polar surface area (TPSA) is 70.2 Å². The fraction of sp³-hybridized carbons (Fsp3) is 0.304. The first-order valence-corrected chi connectivity index (χ1v) is 10.0. The van der Waals surface area contributed by atoms with Gasteiger partial charge in [-0.05, 0) is 38.1 Å². The van der Waals surface area contributed by atoms with Crippen LogP contribution in [0.4, 0.5) is 0 Å². The highest BCUT2D eigenvalue weighted by molar-refractivity contribution is 5.93. The van der Waals surface area contributed by atoms with Crippen LogP contribution in [0.25, 0.3) is 11.3 Å². The summed E-state index contributed by atoms with van der Waals surface area (Å²) in [6.07, 6.45) is 2.36. The van der Waals surface area contributed by atoms with Crippen molar-refractivity contribution in [2.75, 3.05) is 26.7 Å². The molecule has 3 aromatic rings. The number of rotatable bonds is 7. The minimum absolute atomic E-state index is 0.0779. The maximum Gasteiger partial charge on any atom is 0.269 e. The summed E-state index contributed by atoms with van der Waals surface area (Å²) in [6.45, 7) is 2.57. The molecule has 2 N–H and O–H groups in total. The molecule has 2 heterocycles. The van der Waals surface area contributed by atoms with Gasteiger partial charge in [0.15, 0.2) is 0 Å². The van der Waals surface area contributed by atoms with Crippen LogP contribution in [0.1, 0.15) is 34.9 Å². The number of benzene rings is 2. The van der Waals surface area contributed by atoms with Crippen molar-refractivity contribution in [2.24, 2.45) is 0 Å². The van der Waals surface area contributed by atoms with E-state index in [1.807, 2.05) is 48.5 Å². The molecule has 1 aliphatic heterocycles. The third-order valence-electron chi connectivity index (χ3n) is 5.43. The lowest BCUT2D eigenvalue weighted by atomic mass is 10.0. The van der Waals surface area contributed by atoms with Crippen molar-refractivity contribution in [3.63, 3.8) is 0 Å². The Hall–Kier alpha value is -3.12. The molecule has 150 valence electrons. The normalized spacial score (nSPS) is 15.2. The third-order valence-corrected chi connectivity index (χ3v) is 5.43. The smallest absolute Gasteiger partial charge is 0.269 e. The average Bonchev–Trinajstić information content (AvgIpc) is 3.47. The number of carbonyl (C=O) groups is 1. The van der Waals surface area contributed by atoms with Crippen LogP contribution in [0.5, 0.6) is 5.75 Å². The molecule has 0 radical (unpaired) electrons. The number of carbonyl (C=O) groups excluding carboxylic acids is 1. The van der Waals surface area contributed by atoms with Gasteiger partial charge in [0, 0.05) is 17.7 Å². The summed E-state index contributed by atoms with van der Waals surface area (Å²) < 4.78 is 5.57. The molecule has 29 heavy (non-hydrogen) atoms. The van der Waals surface area contributed by atoms with E-state index in [2.05, 4.69) is 26.5 Å². The van der Waals surface area contributed by atoms with Crippen molar-refractivity contribution in [2.45, 2.75) is 18.9 Å². The number of aromatic nitrogens is 2. The van der Waals surface area contributed by atoms with Crippen molar-refractivity contribution >= 4 is 5.91 Å². The Morgan fingerprint density at radius 2 is 1.86 bits per heavy atom. The lowest BCUT2D eigenvalue weighted by molar-refractivity contribution is 0.0932. The van der Waals surface area contributed by atoms with Gasteiger partial charge in [-0.2, -0.15) is 5.10 Å². The molecule has 1 unspecified atom stereocenters. The van der Waals surface area contributed by atoms with Crippen LogP contribution in [0.3, 0.4) is 0 Å². The molecule has 6 heteroatoms. The van der Waals surface area contributed by atoms with Gasteiger partial charge < -0.3 is 10.1 Å². The molecule has 0 bridgehead atoms. The van der Waals surface area contributed by atoms with Crippen LogP contribution in [0.15, 0.2) is 60.7 Å². The summed E-state index contributed by atoms with van der Waals surface area (Å²) in [5, 5.41) is 10.2. The minimum Gasteiger partial charge on any atom is -0.496 e. The van der Waals surface area contributed by atoms with Gasteiger partial charge in [-0.25, -0.2) is 0 Å². The number of ether oxygens (including phenoxy) is 1. The number of likely N-dealkylation sites (tertiary alicyclic amines) is 1. The molecule has 1 saturated heterocycles. The summed E-state index contributed by atoms with van der Waals surface area (Å²) in [4.78, 5) is 15.2. The quantitative estimate of drug-likeness (QED) is 0.646. The van der Waals surface area contributed by atoms with Gasteiger partial charge in [-0.15, -0.1) is 0 Å². The summed E-state index contributed by atoms with van der Waals surface area (Å²) in [7, 11) is 1.69. The van der Waals surface area contributed by atoms with E-state index in [9.17, 15) is 4.79 Å². The molecular formula is C23H26N4O2. The van der Waals surface area contributed by atoms with Crippen LogP contribution >= 0.6 is 0 Å². The van der Waals surface area contributed by atoms with E-state index in [4.69, 9.17) is 4.74 Å². The third kappa shape index (κ3) is 4.32. The molecule has 1 fully saturated rings. The lowest BCUT2D eigenvalue weighted by Crippen LogP contribution is -2.37. The van der Waals surface area contributed by atoms with Gasteiger partial charge in [0.25, 0.3) is 5.91 Å². The highest BCUT2D eigenvalue weighted by atomic mass is 16.5. The predicted octanol–water partition coefficient (Wildman–Crippen LogP) is 3.65. The van der Waals surface area contributed by atoms with Gasteiger partial charge in [-0.3, -0.25) is 14.8 Å². The number of nitrogens with one attached hydrogen (secondary N) is 2. The van der Waals surface area contributed by atoms with Gasteiger partial charge in [0.2, 0.25) is 0 Å². The molecule has 0 saturated carbocycles. The zero-order valence-electron chi connectivity index (χ0n) is 16.6. The van der Waals surface area contributed by atoms with E-state index in [-0.39, 0.29) is 11.9 Å². The van der Waals surface area contributed by atoms with E-state index in [0.29, 0.717) is 12.2 Å².